The number of thioether (sulfide) groups is 1. The number of rotatable bonds is 5. The highest BCUT2D eigenvalue weighted by molar-refractivity contribution is 8.00. The van der Waals surface area contributed by atoms with Gasteiger partial charge < -0.3 is 4.74 Å². The Labute approximate surface area is 162 Å². The Balaban J connectivity index is 2.09. The average Bonchev–Trinajstić information content (AvgIpc) is 3.09. The Morgan fingerprint density at radius 3 is 2.77 bits per heavy atom. The third-order valence-corrected chi connectivity index (χ3v) is 5.66. The molecule has 0 N–H and O–H groups in total. The van der Waals surface area contributed by atoms with Crippen LogP contribution in [0.1, 0.15) is 37.1 Å². The van der Waals surface area contributed by atoms with E-state index >= 15 is 0 Å². The van der Waals surface area contributed by atoms with Gasteiger partial charge in [0, 0.05) is 16.3 Å². The van der Waals surface area contributed by atoms with Gasteiger partial charge in [0.05, 0.1) is 12.2 Å². The van der Waals surface area contributed by atoms with Gasteiger partial charge in [0.25, 0.3) is 0 Å². The van der Waals surface area contributed by atoms with Crippen LogP contribution in [0.4, 0.5) is 0 Å². The van der Waals surface area contributed by atoms with Gasteiger partial charge >= 0.3 is 5.97 Å². The van der Waals surface area contributed by atoms with E-state index in [2.05, 4.69) is 6.07 Å². The van der Waals surface area contributed by atoms with Crippen LogP contribution >= 0.6 is 23.4 Å². The number of carbonyl (C=O) groups is 1. The third-order valence-electron chi connectivity index (χ3n) is 4.34. The number of pyridine rings is 1. The summed E-state index contributed by atoms with van der Waals surface area (Å²) in [7, 11) is 0. The van der Waals surface area contributed by atoms with Gasteiger partial charge in [-0.2, -0.15) is 5.26 Å². The van der Waals surface area contributed by atoms with Crippen molar-refractivity contribution in [2.45, 2.75) is 43.4 Å². The summed E-state index contributed by atoms with van der Waals surface area (Å²) < 4.78 is 5.08. The maximum absolute atomic E-state index is 12.0. The lowest BCUT2D eigenvalue weighted by atomic mass is 9.95. The number of fused-ring (bicyclic) bond motifs is 1. The number of ether oxygens (including phenoxy) is 1. The lowest BCUT2D eigenvalue weighted by molar-refractivity contribution is -0.142. The summed E-state index contributed by atoms with van der Waals surface area (Å²) in [5, 5.41) is 10.7. The molecule has 1 aromatic heterocycles. The van der Waals surface area contributed by atoms with E-state index in [4.69, 9.17) is 21.3 Å². The van der Waals surface area contributed by atoms with Crippen LogP contribution in [-0.4, -0.2) is 22.8 Å². The van der Waals surface area contributed by atoms with Crippen LogP contribution in [0, 0.1) is 11.3 Å². The number of aryl methyl sites for hydroxylation is 1. The van der Waals surface area contributed by atoms with Crippen LogP contribution in [0.25, 0.3) is 11.1 Å². The third kappa shape index (κ3) is 3.72. The van der Waals surface area contributed by atoms with E-state index in [1.165, 1.54) is 11.8 Å². The summed E-state index contributed by atoms with van der Waals surface area (Å²) in [5.74, 6) is -0.295. The van der Waals surface area contributed by atoms with Gasteiger partial charge in [-0.05, 0) is 56.4 Å². The van der Waals surface area contributed by atoms with Crippen LogP contribution in [0.5, 0.6) is 0 Å². The number of carbonyl (C=O) groups excluding carboxylic acids is 1. The molecule has 1 aliphatic rings. The summed E-state index contributed by atoms with van der Waals surface area (Å²) in [6.07, 6.45) is 2.83. The van der Waals surface area contributed by atoms with Crippen LogP contribution in [0.15, 0.2) is 29.3 Å². The topological polar surface area (TPSA) is 63.0 Å². The van der Waals surface area contributed by atoms with Crippen molar-refractivity contribution in [1.29, 1.82) is 5.26 Å². The molecule has 1 heterocycles. The van der Waals surface area contributed by atoms with E-state index in [0.29, 0.717) is 22.2 Å². The second-order valence-electron chi connectivity index (χ2n) is 6.08. The van der Waals surface area contributed by atoms with Crippen molar-refractivity contribution < 1.29 is 9.53 Å². The van der Waals surface area contributed by atoms with E-state index in [9.17, 15) is 10.1 Å². The van der Waals surface area contributed by atoms with Crippen molar-refractivity contribution >= 4 is 29.3 Å². The van der Waals surface area contributed by atoms with E-state index in [0.717, 1.165) is 41.6 Å². The Hall–Kier alpha value is -2.03. The number of benzene rings is 1. The molecule has 0 spiro atoms. The molecule has 0 saturated carbocycles. The molecule has 0 radical (unpaired) electrons. The highest BCUT2D eigenvalue weighted by Crippen LogP contribution is 2.39. The van der Waals surface area contributed by atoms with Crippen LogP contribution < -0.4 is 0 Å². The molecule has 1 aromatic carbocycles. The molecule has 0 aliphatic heterocycles. The van der Waals surface area contributed by atoms with Gasteiger partial charge in [-0.3, -0.25) is 4.79 Å². The SMILES string of the molecule is CCOC(=O)[C@H](C)Sc1nc2c(c(-c3ccc(Cl)cc3)c1C#N)CCC2. The molecule has 0 amide bonds. The van der Waals surface area contributed by atoms with Crippen molar-refractivity contribution in [2.24, 2.45) is 0 Å². The second kappa shape index (κ2) is 8.11. The summed E-state index contributed by atoms with van der Waals surface area (Å²) in [4.78, 5) is 16.7. The first kappa shape index (κ1) is 18.8. The smallest absolute Gasteiger partial charge is 0.319 e. The molecule has 3 rings (SSSR count). The molecule has 0 fully saturated rings. The van der Waals surface area contributed by atoms with Crippen LogP contribution in [0.3, 0.4) is 0 Å². The molecule has 26 heavy (non-hydrogen) atoms. The highest BCUT2D eigenvalue weighted by Gasteiger charge is 2.26. The molecule has 1 aliphatic carbocycles. The minimum atomic E-state index is -0.424. The minimum absolute atomic E-state index is 0.295. The van der Waals surface area contributed by atoms with Crippen LogP contribution in [-0.2, 0) is 22.4 Å². The lowest BCUT2D eigenvalue weighted by Crippen LogP contribution is -2.17. The quantitative estimate of drug-likeness (QED) is 0.545. The standard InChI is InChI=1S/C20H19ClN2O2S/c1-3-25-20(24)12(2)26-19-16(11-22)18(13-7-9-14(21)10-8-13)15-5-4-6-17(15)23-19/h7-10,12H,3-6H2,1-2H3/t12-/m0/s1. The Bertz CT molecular complexity index is 875. The molecular formula is C20H19ClN2O2S. The van der Waals surface area contributed by atoms with E-state index in [-0.39, 0.29) is 5.97 Å². The first-order valence-electron chi connectivity index (χ1n) is 8.60. The maximum atomic E-state index is 12.0. The second-order valence-corrected chi connectivity index (χ2v) is 7.84. The first-order valence-corrected chi connectivity index (χ1v) is 9.86. The Morgan fingerprint density at radius 1 is 1.38 bits per heavy atom. The van der Waals surface area contributed by atoms with Crippen LogP contribution in [0.2, 0.25) is 5.02 Å². The van der Waals surface area contributed by atoms with Crippen molar-refractivity contribution in [2.75, 3.05) is 6.61 Å². The average molecular weight is 387 g/mol. The molecule has 6 heteroatoms. The van der Waals surface area contributed by atoms with Crippen molar-refractivity contribution in [3.8, 4) is 17.2 Å². The first-order chi connectivity index (χ1) is 12.5. The number of hydrogen-bond acceptors (Lipinski definition) is 5. The van der Waals surface area contributed by atoms with Gasteiger partial charge in [0.2, 0.25) is 0 Å². The number of nitriles is 1. The molecule has 134 valence electrons. The fourth-order valence-electron chi connectivity index (χ4n) is 3.16. The fourth-order valence-corrected chi connectivity index (χ4v) is 4.21. The highest BCUT2D eigenvalue weighted by atomic mass is 35.5. The van der Waals surface area contributed by atoms with Gasteiger partial charge in [-0.25, -0.2) is 4.98 Å². The number of aromatic nitrogens is 1. The van der Waals surface area contributed by atoms with E-state index < -0.39 is 5.25 Å². The van der Waals surface area contributed by atoms with E-state index in [1.807, 2.05) is 24.3 Å². The normalized spacial score (nSPS) is 13.8. The summed E-state index contributed by atoms with van der Waals surface area (Å²) in [6, 6.07) is 9.83. The number of nitrogens with zero attached hydrogens (tertiary/aromatic N) is 2. The predicted molar refractivity (Wildman–Crippen MR) is 103 cm³/mol. The Morgan fingerprint density at radius 2 is 2.12 bits per heavy atom. The zero-order chi connectivity index (χ0) is 18.7. The van der Waals surface area contributed by atoms with Crippen molar-refractivity contribution in [1.82, 2.24) is 4.98 Å². The molecule has 0 unspecified atom stereocenters. The molecule has 1 atom stereocenters. The zero-order valence-electron chi connectivity index (χ0n) is 14.7. The molecule has 0 bridgehead atoms. The monoisotopic (exact) mass is 386 g/mol. The molecular weight excluding hydrogens is 368 g/mol. The summed E-state index contributed by atoms with van der Waals surface area (Å²) >= 11 is 7.31. The summed E-state index contributed by atoms with van der Waals surface area (Å²) in [6.45, 7) is 3.89. The van der Waals surface area contributed by atoms with E-state index in [1.54, 1.807) is 13.8 Å². The van der Waals surface area contributed by atoms with Gasteiger partial charge in [0.1, 0.15) is 16.3 Å². The maximum Gasteiger partial charge on any atom is 0.319 e. The van der Waals surface area contributed by atoms with Crippen molar-refractivity contribution in [3.05, 3.63) is 46.1 Å². The molecule has 4 nitrogen and oxygen atoms in total. The van der Waals surface area contributed by atoms with Gasteiger partial charge in [0.15, 0.2) is 0 Å². The number of halogens is 1. The van der Waals surface area contributed by atoms with Crippen molar-refractivity contribution in [3.63, 3.8) is 0 Å². The fraction of sp³-hybridized carbons (Fsp3) is 0.350. The van der Waals surface area contributed by atoms with Gasteiger partial charge in [-0.1, -0.05) is 35.5 Å². The molecule has 0 saturated heterocycles. The summed E-state index contributed by atoms with van der Waals surface area (Å²) in [5.41, 5.74) is 4.56. The zero-order valence-corrected chi connectivity index (χ0v) is 16.3. The Kier molecular flexibility index (Phi) is 5.85. The minimum Gasteiger partial charge on any atom is -0.465 e. The lowest BCUT2D eigenvalue weighted by Gasteiger charge is -2.16. The largest absolute Gasteiger partial charge is 0.465 e. The molecule has 2 aromatic rings. The van der Waals surface area contributed by atoms with Gasteiger partial charge in [-0.15, -0.1) is 0 Å². The number of esters is 1. The predicted octanol–water partition coefficient (Wildman–Crippen LogP) is 4.81. The number of hydrogen-bond donors (Lipinski definition) is 0.